The molecule has 1 aromatic heterocycles. The normalized spacial score (nSPS) is 10.7. The summed E-state index contributed by atoms with van der Waals surface area (Å²) < 4.78 is 5.19. The summed E-state index contributed by atoms with van der Waals surface area (Å²) in [5, 5.41) is 7.75. The van der Waals surface area contributed by atoms with Gasteiger partial charge in [0.25, 0.3) is 0 Å². The first-order chi connectivity index (χ1) is 15.7. The van der Waals surface area contributed by atoms with E-state index in [9.17, 15) is 4.79 Å². The molecule has 0 spiro atoms. The molecule has 0 saturated carbocycles. The van der Waals surface area contributed by atoms with Crippen molar-refractivity contribution >= 4 is 17.7 Å². The molecule has 32 heavy (non-hydrogen) atoms. The number of thioether (sulfide) groups is 1. The molecule has 1 N–H and O–H groups in total. The zero-order chi connectivity index (χ0) is 22.2. The molecule has 4 rings (SSSR count). The average Bonchev–Trinajstić information content (AvgIpc) is 3.32. The molecule has 1 amide bonds. The number of H-pyrrole nitrogens is 1. The highest BCUT2D eigenvalue weighted by molar-refractivity contribution is 7.99. The van der Waals surface area contributed by atoms with Crippen molar-refractivity contribution in [2.45, 2.75) is 18.2 Å². The van der Waals surface area contributed by atoms with E-state index in [1.807, 2.05) is 89.8 Å². The Morgan fingerprint density at radius 1 is 0.906 bits per heavy atom. The van der Waals surface area contributed by atoms with Crippen molar-refractivity contribution in [1.29, 1.82) is 0 Å². The van der Waals surface area contributed by atoms with Gasteiger partial charge in [-0.2, -0.15) is 0 Å². The van der Waals surface area contributed by atoms with Gasteiger partial charge in [0.15, 0.2) is 5.82 Å². The zero-order valence-corrected chi connectivity index (χ0v) is 18.6. The predicted molar refractivity (Wildman–Crippen MR) is 126 cm³/mol. The van der Waals surface area contributed by atoms with Crippen LogP contribution in [0.2, 0.25) is 0 Å². The van der Waals surface area contributed by atoms with E-state index in [1.54, 1.807) is 7.11 Å². The third-order valence-corrected chi connectivity index (χ3v) is 5.77. The van der Waals surface area contributed by atoms with Crippen molar-refractivity contribution in [3.8, 4) is 17.1 Å². The molecule has 162 valence electrons. The fourth-order valence-corrected chi connectivity index (χ4v) is 3.95. The number of hydrogen-bond donors (Lipinski definition) is 1. The molecule has 0 bridgehead atoms. The van der Waals surface area contributed by atoms with Gasteiger partial charge in [0.2, 0.25) is 11.1 Å². The lowest BCUT2D eigenvalue weighted by Gasteiger charge is -2.23. The van der Waals surface area contributed by atoms with E-state index in [0.717, 1.165) is 22.4 Å². The minimum atomic E-state index is 0.0403. The largest absolute Gasteiger partial charge is 0.497 e. The number of ether oxygens (including phenoxy) is 1. The molecule has 0 fully saturated rings. The van der Waals surface area contributed by atoms with Crippen LogP contribution < -0.4 is 4.74 Å². The molecular weight excluding hydrogens is 420 g/mol. The maximum absolute atomic E-state index is 13.1. The first kappa shape index (κ1) is 21.6. The van der Waals surface area contributed by atoms with Crippen LogP contribution >= 0.6 is 11.8 Å². The monoisotopic (exact) mass is 444 g/mol. The van der Waals surface area contributed by atoms with Crippen LogP contribution in [0.5, 0.6) is 5.75 Å². The van der Waals surface area contributed by atoms with Crippen LogP contribution in [0.1, 0.15) is 11.1 Å². The quantitative estimate of drug-likeness (QED) is 0.376. The van der Waals surface area contributed by atoms with E-state index in [4.69, 9.17) is 4.74 Å². The Bertz CT molecular complexity index is 1090. The van der Waals surface area contributed by atoms with Gasteiger partial charge >= 0.3 is 0 Å². The second-order valence-corrected chi connectivity index (χ2v) is 8.15. The summed E-state index contributed by atoms with van der Waals surface area (Å²) in [6.45, 7) is 1.11. The van der Waals surface area contributed by atoms with Gasteiger partial charge in [0.1, 0.15) is 5.75 Å². The van der Waals surface area contributed by atoms with Crippen LogP contribution in [-0.4, -0.2) is 38.9 Å². The summed E-state index contributed by atoms with van der Waals surface area (Å²) in [7, 11) is 1.63. The number of benzene rings is 3. The number of methoxy groups -OCH3 is 1. The highest BCUT2D eigenvalue weighted by atomic mass is 32.2. The number of carbonyl (C=O) groups excluding carboxylic acids is 1. The van der Waals surface area contributed by atoms with Gasteiger partial charge < -0.3 is 9.64 Å². The Hall–Kier alpha value is -3.58. The van der Waals surface area contributed by atoms with Crippen molar-refractivity contribution in [3.05, 3.63) is 96.1 Å². The standard InChI is InChI=1S/C25H24N4O2S/c1-31-22-14-12-21(13-15-22)24-26-25(28-27-24)32-18-23(30)29(16-19-8-4-2-5-9-19)17-20-10-6-3-7-11-20/h2-15H,16-18H2,1H3,(H,26,27,28). The summed E-state index contributed by atoms with van der Waals surface area (Å²) in [5.74, 6) is 1.75. The molecule has 0 saturated heterocycles. The van der Waals surface area contributed by atoms with E-state index < -0.39 is 0 Å². The van der Waals surface area contributed by atoms with E-state index in [0.29, 0.717) is 24.1 Å². The molecular formula is C25H24N4O2S. The van der Waals surface area contributed by atoms with Crippen molar-refractivity contribution in [1.82, 2.24) is 20.1 Å². The second kappa shape index (κ2) is 10.6. The molecule has 3 aromatic carbocycles. The Labute approximate surface area is 191 Å². The summed E-state index contributed by atoms with van der Waals surface area (Å²) >= 11 is 1.33. The summed E-state index contributed by atoms with van der Waals surface area (Å²) in [6.07, 6.45) is 0. The number of hydrogen-bond acceptors (Lipinski definition) is 5. The minimum absolute atomic E-state index is 0.0403. The molecule has 0 atom stereocenters. The third-order valence-electron chi connectivity index (χ3n) is 4.94. The summed E-state index contributed by atoms with van der Waals surface area (Å²) in [5.41, 5.74) is 3.11. The van der Waals surface area contributed by atoms with Crippen LogP contribution in [-0.2, 0) is 17.9 Å². The number of amides is 1. The first-order valence-corrected chi connectivity index (χ1v) is 11.2. The van der Waals surface area contributed by atoms with Crippen LogP contribution in [0.15, 0.2) is 90.1 Å². The fourth-order valence-electron chi connectivity index (χ4n) is 3.25. The van der Waals surface area contributed by atoms with Gasteiger partial charge in [-0.25, -0.2) is 4.98 Å². The number of aromatic amines is 1. The topological polar surface area (TPSA) is 71.1 Å². The van der Waals surface area contributed by atoms with Gasteiger partial charge in [0.05, 0.1) is 12.9 Å². The average molecular weight is 445 g/mol. The van der Waals surface area contributed by atoms with Crippen molar-refractivity contribution in [3.63, 3.8) is 0 Å². The van der Waals surface area contributed by atoms with Crippen molar-refractivity contribution in [2.75, 3.05) is 12.9 Å². The number of aromatic nitrogens is 3. The Morgan fingerprint density at radius 3 is 2.06 bits per heavy atom. The molecule has 0 aliphatic rings. The van der Waals surface area contributed by atoms with Gasteiger partial charge in [-0.15, -0.1) is 5.10 Å². The fraction of sp³-hybridized carbons (Fsp3) is 0.160. The number of rotatable bonds is 9. The van der Waals surface area contributed by atoms with Crippen LogP contribution in [0.3, 0.4) is 0 Å². The minimum Gasteiger partial charge on any atom is -0.497 e. The Balaban J connectivity index is 1.41. The maximum atomic E-state index is 13.1. The highest BCUT2D eigenvalue weighted by Crippen LogP contribution is 2.22. The maximum Gasteiger partial charge on any atom is 0.233 e. The van der Waals surface area contributed by atoms with E-state index in [-0.39, 0.29) is 11.7 Å². The summed E-state index contributed by atoms with van der Waals surface area (Å²) in [4.78, 5) is 19.5. The lowest BCUT2D eigenvalue weighted by molar-refractivity contribution is -0.129. The smallest absolute Gasteiger partial charge is 0.233 e. The number of nitrogens with one attached hydrogen (secondary N) is 1. The van der Waals surface area contributed by atoms with Gasteiger partial charge in [-0.1, -0.05) is 72.4 Å². The second-order valence-electron chi connectivity index (χ2n) is 7.20. The molecule has 1 heterocycles. The molecule has 7 heteroatoms. The predicted octanol–water partition coefficient (Wildman–Crippen LogP) is 4.80. The highest BCUT2D eigenvalue weighted by Gasteiger charge is 2.17. The molecule has 4 aromatic rings. The summed E-state index contributed by atoms with van der Waals surface area (Å²) in [6, 6.07) is 27.6. The van der Waals surface area contributed by atoms with Crippen LogP contribution in [0.4, 0.5) is 0 Å². The molecule has 6 nitrogen and oxygen atoms in total. The number of carbonyl (C=O) groups is 1. The van der Waals surface area contributed by atoms with Gasteiger partial charge in [-0.05, 0) is 35.4 Å². The van der Waals surface area contributed by atoms with Crippen LogP contribution in [0, 0.1) is 0 Å². The lowest BCUT2D eigenvalue weighted by Crippen LogP contribution is -2.31. The van der Waals surface area contributed by atoms with Gasteiger partial charge in [0, 0.05) is 18.7 Å². The molecule has 0 aliphatic heterocycles. The van der Waals surface area contributed by atoms with Crippen LogP contribution in [0.25, 0.3) is 11.4 Å². The van der Waals surface area contributed by atoms with Crippen molar-refractivity contribution < 1.29 is 9.53 Å². The Kier molecular flexibility index (Phi) is 7.19. The Morgan fingerprint density at radius 2 is 1.50 bits per heavy atom. The van der Waals surface area contributed by atoms with Crippen molar-refractivity contribution in [2.24, 2.45) is 0 Å². The number of nitrogens with zero attached hydrogens (tertiary/aromatic N) is 3. The van der Waals surface area contributed by atoms with E-state index in [2.05, 4.69) is 15.2 Å². The molecule has 0 unspecified atom stereocenters. The van der Waals surface area contributed by atoms with Gasteiger partial charge in [-0.3, -0.25) is 9.89 Å². The molecule has 0 radical (unpaired) electrons. The van der Waals surface area contributed by atoms with E-state index in [1.165, 1.54) is 11.8 Å². The third kappa shape index (κ3) is 5.76. The zero-order valence-electron chi connectivity index (χ0n) is 17.8. The first-order valence-electron chi connectivity index (χ1n) is 10.3. The molecule has 0 aliphatic carbocycles. The van der Waals surface area contributed by atoms with E-state index >= 15 is 0 Å². The lowest BCUT2D eigenvalue weighted by atomic mass is 10.1. The SMILES string of the molecule is COc1ccc(-c2nc(SCC(=O)N(Cc3ccccc3)Cc3ccccc3)n[nH]2)cc1.